The van der Waals surface area contributed by atoms with Crippen molar-refractivity contribution in [3.8, 4) is 0 Å². The van der Waals surface area contributed by atoms with Crippen LogP contribution in [0.1, 0.15) is 0 Å². The first-order valence-electron chi connectivity index (χ1n) is 5.24. The quantitative estimate of drug-likeness (QED) is 0.786. The fraction of sp³-hybridized carbons (Fsp3) is 0.500. The van der Waals surface area contributed by atoms with Crippen LogP contribution in [-0.2, 0) is 14.8 Å². The third kappa shape index (κ3) is 4.05. The molecule has 0 unspecified atom stereocenters. The summed E-state index contributed by atoms with van der Waals surface area (Å²) in [7, 11) is -0.0995. The molecule has 0 aliphatic heterocycles. The lowest BCUT2D eigenvalue weighted by atomic mass is 10.5. The number of nitrogens with zero attached hydrogens (tertiary/aromatic N) is 2. The molecule has 1 aromatic rings. The van der Waals surface area contributed by atoms with Gasteiger partial charge in [-0.25, -0.2) is 8.42 Å². The Morgan fingerprint density at radius 1 is 1.39 bits per heavy atom. The Morgan fingerprint density at radius 3 is 2.50 bits per heavy atom. The Kier molecular flexibility index (Phi) is 5.27. The Hall–Kier alpha value is -0.960. The monoisotopic (exact) mass is 292 g/mol. The van der Waals surface area contributed by atoms with E-state index in [0.717, 1.165) is 15.6 Å². The van der Waals surface area contributed by atoms with Gasteiger partial charge < -0.3 is 10.0 Å². The summed E-state index contributed by atoms with van der Waals surface area (Å²) in [5.41, 5.74) is 0. The van der Waals surface area contributed by atoms with Gasteiger partial charge in [0, 0.05) is 13.1 Å². The molecule has 0 atom stereocenters. The zero-order chi connectivity index (χ0) is 13.8. The summed E-state index contributed by atoms with van der Waals surface area (Å²) in [5, 5.41) is 10.4. The maximum atomic E-state index is 12.2. The van der Waals surface area contributed by atoms with E-state index in [2.05, 4.69) is 0 Å². The van der Waals surface area contributed by atoms with Crippen molar-refractivity contribution in [3.05, 3.63) is 17.5 Å². The predicted molar refractivity (Wildman–Crippen MR) is 69.3 cm³/mol. The standard InChI is InChI=1S/C10H16N2O4S2/c1-11(2)5-6-12(8-9(13)14)18(15,16)10-4-3-7-17-10/h3-4,7H,5-6,8H2,1-2H3,(H,13,14). The third-order valence-corrected chi connectivity index (χ3v) is 5.42. The summed E-state index contributed by atoms with van der Waals surface area (Å²) in [6.45, 7) is 0.103. The first-order chi connectivity index (χ1) is 8.34. The number of carbonyl (C=O) groups is 1. The van der Waals surface area contributed by atoms with Crippen LogP contribution in [0, 0.1) is 0 Å². The average molecular weight is 292 g/mol. The number of hydrogen-bond acceptors (Lipinski definition) is 5. The number of carboxylic acid groups (broad SMARTS) is 1. The molecule has 1 rings (SSSR count). The lowest BCUT2D eigenvalue weighted by molar-refractivity contribution is -0.137. The van der Waals surface area contributed by atoms with Crippen LogP contribution in [0.5, 0.6) is 0 Å². The van der Waals surface area contributed by atoms with Crippen molar-refractivity contribution in [2.45, 2.75) is 4.21 Å². The van der Waals surface area contributed by atoms with Gasteiger partial charge in [-0.3, -0.25) is 4.79 Å². The molecule has 1 N–H and O–H groups in total. The molecule has 6 nitrogen and oxygen atoms in total. The zero-order valence-electron chi connectivity index (χ0n) is 10.2. The molecule has 0 saturated carbocycles. The molecule has 102 valence electrons. The minimum Gasteiger partial charge on any atom is -0.480 e. The Balaban J connectivity index is 2.91. The lowest BCUT2D eigenvalue weighted by Gasteiger charge is -2.21. The van der Waals surface area contributed by atoms with Crippen molar-refractivity contribution < 1.29 is 18.3 Å². The Bertz CT molecular complexity index is 482. The molecule has 0 aliphatic carbocycles. The number of likely N-dealkylation sites (N-methyl/N-ethyl adjacent to an activating group) is 1. The van der Waals surface area contributed by atoms with E-state index >= 15 is 0 Å². The van der Waals surface area contributed by atoms with Crippen molar-refractivity contribution in [1.29, 1.82) is 0 Å². The molecule has 0 saturated heterocycles. The maximum Gasteiger partial charge on any atom is 0.318 e. The first-order valence-corrected chi connectivity index (χ1v) is 7.56. The van der Waals surface area contributed by atoms with E-state index in [4.69, 9.17) is 5.11 Å². The predicted octanol–water partition coefficient (Wildman–Crippen LogP) is 0.385. The van der Waals surface area contributed by atoms with Crippen LogP contribution in [0.25, 0.3) is 0 Å². The Morgan fingerprint density at radius 2 is 2.06 bits per heavy atom. The van der Waals surface area contributed by atoms with Gasteiger partial charge in [0.05, 0.1) is 0 Å². The Labute approximate surface area is 110 Å². The highest BCUT2D eigenvalue weighted by Crippen LogP contribution is 2.20. The van der Waals surface area contributed by atoms with Gasteiger partial charge in [0.25, 0.3) is 10.0 Å². The summed E-state index contributed by atoms with van der Waals surface area (Å²) < 4.78 is 25.5. The van der Waals surface area contributed by atoms with Gasteiger partial charge >= 0.3 is 5.97 Å². The summed E-state index contributed by atoms with van der Waals surface area (Å²) in [4.78, 5) is 12.6. The number of sulfonamides is 1. The van der Waals surface area contributed by atoms with Crippen molar-refractivity contribution >= 4 is 27.3 Å². The topological polar surface area (TPSA) is 77.9 Å². The second-order valence-corrected chi connectivity index (χ2v) is 7.08. The van der Waals surface area contributed by atoms with Crippen molar-refractivity contribution in [2.24, 2.45) is 0 Å². The zero-order valence-corrected chi connectivity index (χ0v) is 11.9. The largest absolute Gasteiger partial charge is 0.480 e. The van der Waals surface area contributed by atoms with E-state index in [0.29, 0.717) is 6.54 Å². The molecule has 1 aromatic heterocycles. The molecule has 0 aliphatic rings. The van der Waals surface area contributed by atoms with Crippen LogP contribution in [0.2, 0.25) is 0 Å². The van der Waals surface area contributed by atoms with E-state index in [9.17, 15) is 13.2 Å². The molecule has 0 amide bonds. The van der Waals surface area contributed by atoms with Gasteiger partial charge in [-0.2, -0.15) is 4.31 Å². The molecule has 0 aromatic carbocycles. The summed E-state index contributed by atoms with van der Waals surface area (Å²) in [5.74, 6) is -1.16. The maximum absolute atomic E-state index is 12.2. The molecule has 8 heteroatoms. The minimum atomic E-state index is -3.70. The summed E-state index contributed by atoms with van der Waals surface area (Å²) in [6.07, 6.45) is 0. The number of hydrogen-bond donors (Lipinski definition) is 1. The summed E-state index contributed by atoms with van der Waals surface area (Å²) in [6, 6.07) is 3.10. The summed E-state index contributed by atoms with van der Waals surface area (Å²) >= 11 is 1.08. The molecule has 0 radical (unpaired) electrons. The van der Waals surface area contributed by atoms with Crippen LogP contribution in [0.4, 0.5) is 0 Å². The second kappa shape index (κ2) is 6.28. The van der Waals surface area contributed by atoms with Crippen LogP contribution in [-0.4, -0.2) is 62.4 Å². The highest BCUT2D eigenvalue weighted by molar-refractivity contribution is 7.91. The molecule has 18 heavy (non-hydrogen) atoms. The van der Waals surface area contributed by atoms with Gasteiger partial charge in [-0.15, -0.1) is 11.3 Å². The lowest BCUT2D eigenvalue weighted by Crippen LogP contribution is -2.39. The van der Waals surface area contributed by atoms with Crippen LogP contribution in [0.3, 0.4) is 0 Å². The minimum absolute atomic E-state index is 0.152. The molecular formula is C10H16N2O4S2. The van der Waals surface area contributed by atoms with Gasteiger partial charge in [0.2, 0.25) is 0 Å². The highest BCUT2D eigenvalue weighted by Gasteiger charge is 2.27. The fourth-order valence-corrected chi connectivity index (χ4v) is 3.81. The molecular weight excluding hydrogens is 276 g/mol. The van der Waals surface area contributed by atoms with E-state index in [1.54, 1.807) is 30.4 Å². The van der Waals surface area contributed by atoms with Crippen molar-refractivity contribution in [1.82, 2.24) is 9.21 Å². The fourth-order valence-electron chi connectivity index (χ4n) is 1.28. The van der Waals surface area contributed by atoms with Crippen molar-refractivity contribution in [3.63, 3.8) is 0 Å². The molecule has 0 spiro atoms. The second-order valence-electron chi connectivity index (χ2n) is 3.97. The smallest absolute Gasteiger partial charge is 0.318 e. The molecule has 0 fully saturated rings. The van der Waals surface area contributed by atoms with E-state index in [1.807, 2.05) is 0 Å². The number of thiophene rings is 1. The number of carboxylic acids is 1. The van der Waals surface area contributed by atoms with Gasteiger partial charge in [-0.05, 0) is 25.5 Å². The van der Waals surface area contributed by atoms with Gasteiger partial charge in [0.1, 0.15) is 10.8 Å². The van der Waals surface area contributed by atoms with Crippen LogP contribution >= 0.6 is 11.3 Å². The first kappa shape index (κ1) is 15.1. The highest BCUT2D eigenvalue weighted by atomic mass is 32.2. The van der Waals surface area contributed by atoms with E-state index in [-0.39, 0.29) is 10.8 Å². The van der Waals surface area contributed by atoms with Gasteiger partial charge in [-0.1, -0.05) is 6.07 Å². The van der Waals surface area contributed by atoms with E-state index < -0.39 is 22.5 Å². The average Bonchev–Trinajstić information content (AvgIpc) is 2.76. The molecule has 0 bridgehead atoms. The van der Waals surface area contributed by atoms with Crippen LogP contribution in [0.15, 0.2) is 21.7 Å². The normalized spacial score (nSPS) is 12.2. The van der Waals surface area contributed by atoms with Crippen molar-refractivity contribution in [2.75, 3.05) is 33.7 Å². The molecule has 1 heterocycles. The third-order valence-electron chi connectivity index (χ3n) is 2.20. The van der Waals surface area contributed by atoms with Crippen LogP contribution < -0.4 is 0 Å². The number of aliphatic carboxylic acids is 1. The van der Waals surface area contributed by atoms with Gasteiger partial charge in [0.15, 0.2) is 0 Å². The number of rotatable bonds is 7. The SMILES string of the molecule is CN(C)CCN(CC(=O)O)S(=O)(=O)c1cccs1. The van der Waals surface area contributed by atoms with E-state index in [1.165, 1.54) is 6.07 Å².